The Bertz CT molecular complexity index is 530. The molecule has 1 aromatic rings. The molecule has 3 rings (SSSR count). The van der Waals surface area contributed by atoms with Crippen molar-refractivity contribution in [3.63, 3.8) is 0 Å². The van der Waals surface area contributed by atoms with Gasteiger partial charge in [-0.2, -0.15) is 0 Å². The molecule has 2 heterocycles. The Morgan fingerprint density at radius 3 is 2.91 bits per heavy atom. The lowest BCUT2D eigenvalue weighted by molar-refractivity contribution is 0.0427. The average molecular weight is 320 g/mol. The molecule has 1 N–H and O–H groups in total. The zero-order chi connectivity index (χ0) is 16.2. The molecule has 1 aliphatic carbocycles. The van der Waals surface area contributed by atoms with Crippen molar-refractivity contribution in [3.05, 3.63) is 18.2 Å². The summed E-state index contributed by atoms with van der Waals surface area (Å²) in [5.74, 6) is 1.00. The van der Waals surface area contributed by atoms with Crippen LogP contribution < -0.4 is 5.32 Å². The highest BCUT2D eigenvalue weighted by atomic mass is 16.5. The number of urea groups is 1. The molecular formula is C17H28N4O2. The Kier molecular flexibility index (Phi) is 5.20. The van der Waals surface area contributed by atoms with E-state index in [0.29, 0.717) is 0 Å². The monoisotopic (exact) mass is 320 g/mol. The smallest absolute Gasteiger partial charge is 0.318 e. The molecule has 23 heavy (non-hydrogen) atoms. The molecule has 128 valence electrons. The maximum Gasteiger partial charge on any atom is 0.318 e. The van der Waals surface area contributed by atoms with Gasteiger partial charge in [0.15, 0.2) is 0 Å². The van der Waals surface area contributed by atoms with Crippen LogP contribution in [0.5, 0.6) is 0 Å². The predicted octanol–water partition coefficient (Wildman–Crippen LogP) is 2.32. The molecule has 2 aliphatic rings. The number of likely N-dealkylation sites (tertiary alicyclic amines) is 1. The first-order valence-corrected chi connectivity index (χ1v) is 8.76. The molecule has 6 heteroatoms. The zero-order valence-electron chi connectivity index (χ0n) is 14.2. The van der Waals surface area contributed by atoms with Crippen LogP contribution in [0.1, 0.15) is 44.3 Å². The van der Waals surface area contributed by atoms with Crippen LogP contribution in [-0.4, -0.2) is 52.3 Å². The number of aromatic nitrogens is 2. The SMILES string of the molecule is CO[C@H]1CCCC[C@@H]1NC(=O)N1CCC[C@H]1Cn1ccnc1C. The summed E-state index contributed by atoms with van der Waals surface area (Å²) >= 11 is 0. The van der Waals surface area contributed by atoms with Crippen LogP contribution in [0, 0.1) is 6.92 Å². The molecule has 0 unspecified atom stereocenters. The molecule has 0 spiro atoms. The Balaban J connectivity index is 1.60. The molecule has 0 radical (unpaired) electrons. The van der Waals surface area contributed by atoms with Crippen LogP contribution in [0.4, 0.5) is 4.79 Å². The van der Waals surface area contributed by atoms with E-state index in [4.69, 9.17) is 4.74 Å². The minimum atomic E-state index is 0.0687. The minimum Gasteiger partial charge on any atom is -0.379 e. The molecule has 3 atom stereocenters. The molecule has 0 aromatic carbocycles. The molecule has 1 saturated heterocycles. The van der Waals surface area contributed by atoms with Gasteiger partial charge in [0.25, 0.3) is 0 Å². The Morgan fingerprint density at radius 2 is 2.17 bits per heavy atom. The van der Waals surface area contributed by atoms with E-state index in [0.717, 1.165) is 44.6 Å². The number of rotatable bonds is 4. The second-order valence-electron chi connectivity index (χ2n) is 6.73. The molecule has 2 fully saturated rings. The van der Waals surface area contributed by atoms with Crippen molar-refractivity contribution in [1.29, 1.82) is 0 Å². The first-order valence-electron chi connectivity index (χ1n) is 8.76. The minimum absolute atomic E-state index is 0.0687. The number of methoxy groups -OCH3 is 1. The number of nitrogens with one attached hydrogen (secondary N) is 1. The van der Waals surface area contributed by atoms with Gasteiger partial charge in [-0.1, -0.05) is 12.8 Å². The maximum absolute atomic E-state index is 12.7. The molecule has 2 amide bonds. The summed E-state index contributed by atoms with van der Waals surface area (Å²) in [6, 6.07) is 0.476. The van der Waals surface area contributed by atoms with Crippen molar-refractivity contribution in [3.8, 4) is 0 Å². The lowest BCUT2D eigenvalue weighted by atomic mass is 9.92. The molecule has 6 nitrogen and oxygen atoms in total. The fourth-order valence-corrected chi connectivity index (χ4v) is 3.90. The van der Waals surface area contributed by atoms with Crippen molar-refractivity contribution >= 4 is 6.03 Å². The highest BCUT2D eigenvalue weighted by Gasteiger charge is 2.33. The summed E-state index contributed by atoms with van der Waals surface area (Å²) in [6.07, 6.45) is 10.5. The summed E-state index contributed by atoms with van der Waals surface area (Å²) in [7, 11) is 1.75. The van der Waals surface area contributed by atoms with E-state index in [9.17, 15) is 4.79 Å². The van der Waals surface area contributed by atoms with Crippen LogP contribution in [0.2, 0.25) is 0 Å². The van der Waals surface area contributed by atoms with E-state index >= 15 is 0 Å². The number of carbonyl (C=O) groups excluding carboxylic acids is 1. The predicted molar refractivity (Wildman–Crippen MR) is 88.3 cm³/mol. The second kappa shape index (κ2) is 7.34. The Hall–Kier alpha value is -1.56. The van der Waals surface area contributed by atoms with E-state index < -0.39 is 0 Å². The molecular weight excluding hydrogens is 292 g/mol. The van der Waals surface area contributed by atoms with Crippen LogP contribution in [0.25, 0.3) is 0 Å². The van der Waals surface area contributed by atoms with Gasteiger partial charge in [-0.25, -0.2) is 9.78 Å². The Morgan fingerprint density at radius 1 is 1.35 bits per heavy atom. The highest BCUT2D eigenvalue weighted by Crippen LogP contribution is 2.23. The summed E-state index contributed by atoms with van der Waals surface area (Å²) in [4.78, 5) is 19.0. The number of amides is 2. The number of hydrogen-bond donors (Lipinski definition) is 1. The van der Waals surface area contributed by atoms with Gasteiger partial charge in [0, 0.05) is 32.6 Å². The third-order valence-corrected chi connectivity index (χ3v) is 5.28. The molecule has 1 aromatic heterocycles. The zero-order valence-corrected chi connectivity index (χ0v) is 14.2. The summed E-state index contributed by atoms with van der Waals surface area (Å²) in [5.41, 5.74) is 0. The van der Waals surface area contributed by atoms with Crippen molar-refractivity contribution in [2.75, 3.05) is 13.7 Å². The van der Waals surface area contributed by atoms with Gasteiger partial charge in [0.1, 0.15) is 5.82 Å². The summed E-state index contributed by atoms with van der Waals surface area (Å²) in [6.45, 7) is 3.68. The number of ether oxygens (including phenoxy) is 1. The van der Waals surface area contributed by atoms with Crippen molar-refractivity contribution in [2.45, 2.75) is 70.2 Å². The van der Waals surface area contributed by atoms with Crippen LogP contribution in [-0.2, 0) is 11.3 Å². The second-order valence-corrected chi connectivity index (χ2v) is 6.73. The van der Waals surface area contributed by atoms with Crippen molar-refractivity contribution in [1.82, 2.24) is 19.8 Å². The van der Waals surface area contributed by atoms with Gasteiger partial charge in [-0.05, 0) is 32.6 Å². The molecule has 1 aliphatic heterocycles. The van der Waals surface area contributed by atoms with Gasteiger partial charge < -0.3 is 19.5 Å². The third-order valence-electron chi connectivity index (χ3n) is 5.28. The summed E-state index contributed by atoms with van der Waals surface area (Å²) in [5, 5.41) is 3.22. The first kappa shape index (κ1) is 16.3. The van der Waals surface area contributed by atoms with Gasteiger partial charge in [0.2, 0.25) is 0 Å². The fourth-order valence-electron chi connectivity index (χ4n) is 3.90. The van der Waals surface area contributed by atoms with Gasteiger partial charge in [-0.3, -0.25) is 0 Å². The van der Waals surface area contributed by atoms with Crippen LogP contribution in [0.15, 0.2) is 12.4 Å². The lowest BCUT2D eigenvalue weighted by Crippen LogP contribution is -2.52. The molecule has 1 saturated carbocycles. The van der Waals surface area contributed by atoms with Crippen molar-refractivity contribution < 1.29 is 9.53 Å². The topological polar surface area (TPSA) is 59.4 Å². The third kappa shape index (κ3) is 3.68. The van der Waals surface area contributed by atoms with Gasteiger partial charge >= 0.3 is 6.03 Å². The van der Waals surface area contributed by atoms with Crippen LogP contribution in [0.3, 0.4) is 0 Å². The van der Waals surface area contributed by atoms with E-state index in [1.165, 1.54) is 12.8 Å². The van der Waals surface area contributed by atoms with Crippen molar-refractivity contribution in [2.24, 2.45) is 0 Å². The van der Waals surface area contributed by atoms with Crippen LogP contribution >= 0.6 is 0 Å². The fraction of sp³-hybridized carbons (Fsp3) is 0.765. The standard InChI is InChI=1S/C17H28N4O2/c1-13-18-9-11-20(13)12-14-6-5-10-21(14)17(22)19-15-7-3-4-8-16(15)23-2/h9,11,14-16H,3-8,10,12H2,1-2H3,(H,19,22)/t14-,15-,16-/m0/s1. The molecule has 0 bridgehead atoms. The quantitative estimate of drug-likeness (QED) is 0.926. The van der Waals surface area contributed by atoms with Gasteiger partial charge in [-0.15, -0.1) is 0 Å². The number of hydrogen-bond acceptors (Lipinski definition) is 3. The normalized spacial score (nSPS) is 28.1. The van der Waals surface area contributed by atoms with E-state index in [2.05, 4.69) is 14.9 Å². The van der Waals surface area contributed by atoms with E-state index in [1.807, 2.05) is 24.2 Å². The summed E-state index contributed by atoms with van der Waals surface area (Å²) < 4.78 is 7.68. The average Bonchev–Trinajstić information content (AvgIpc) is 3.18. The number of aryl methyl sites for hydroxylation is 1. The Labute approximate surface area is 138 Å². The van der Waals surface area contributed by atoms with E-state index in [-0.39, 0.29) is 24.2 Å². The lowest BCUT2D eigenvalue weighted by Gasteiger charge is -2.34. The largest absolute Gasteiger partial charge is 0.379 e. The number of carbonyl (C=O) groups is 1. The number of nitrogens with zero attached hydrogens (tertiary/aromatic N) is 3. The maximum atomic E-state index is 12.7. The number of imidazole rings is 1. The van der Waals surface area contributed by atoms with E-state index in [1.54, 1.807) is 7.11 Å². The van der Waals surface area contributed by atoms with Gasteiger partial charge in [0.05, 0.1) is 18.2 Å². The first-order chi connectivity index (χ1) is 11.2. The highest BCUT2D eigenvalue weighted by molar-refractivity contribution is 5.75.